The van der Waals surface area contributed by atoms with E-state index in [1.807, 2.05) is 24.3 Å². The molecule has 1 aromatic rings. The van der Waals surface area contributed by atoms with Gasteiger partial charge in [-0.3, -0.25) is 0 Å². The van der Waals surface area contributed by atoms with Gasteiger partial charge in [-0.25, -0.2) is 0 Å². The number of benzene rings is 1. The van der Waals surface area contributed by atoms with Crippen LogP contribution in [0.3, 0.4) is 0 Å². The van der Waals surface area contributed by atoms with E-state index in [2.05, 4.69) is 5.32 Å². The van der Waals surface area contributed by atoms with Gasteiger partial charge in [0.2, 0.25) is 0 Å². The van der Waals surface area contributed by atoms with Gasteiger partial charge < -0.3 is 15.8 Å². The Balaban J connectivity index is 1.69. The highest BCUT2D eigenvalue weighted by atomic mass is 16.5. The van der Waals surface area contributed by atoms with Gasteiger partial charge in [-0.1, -0.05) is 12.1 Å². The first-order valence-corrected chi connectivity index (χ1v) is 5.97. The molecule has 88 valence electrons. The Morgan fingerprint density at radius 1 is 1.19 bits per heavy atom. The van der Waals surface area contributed by atoms with Crippen molar-refractivity contribution < 1.29 is 4.74 Å². The van der Waals surface area contributed by atoms with Crippen molar-refractivity contribution in [1.82, 2.24) is 5.32 Å². The third kappa shape index (κ3) is 3.51. The lowest BCUT2D eigenvalue weighted by molar-refractivity contribution is 0.0763. The molecule has 3 heteroatoms. The van der Waals surface area contributed by atoms with Crippen molar-refractivity contribution in [3.05, 3.63) is 29.8 Å². The Morgan fingerprint density at radius 3 is 2.56 bits per heavy atom. The van der Waals surface area contributed by atoms with E-state index >= 15 is 0 Å². The monoisotopic (exact) mass is 220 g/mol. The molecule has 2 rings (SSSR count). The largest absolute Gasteiger partial charge is 0.399 e. The lowest BCUT2D eigenvalue weighted by atomic mass is 9.99. The van der Waals surface area contributed by atoms with E-state index in [0.29, 0.717) is 6.61 Å². The normalized spacial score (nSPS) is 17.5. The van der Waals surface area contributed by atoms with Gasteiger partial charge in [0.05, 0.1) is 6.61 Å². The predicted octanol–water partition coefficient (Wildman–Crippen LogP) is 1.78. The van der Waals surface area contributed by atoms with Crippen LogP contribution in [0.4, 0.5) is 5.69 Å². The summed E-state index contributed by atoms with van der Waals surface area (Å²) in [5.74, 6) is 0.732. The van der Waals surface area contributed by atoms with Gasteiger partial charge >= 0.3 is 0 Å². The van der Waals surface area contributed by atoms with Crippen molar-refractivity contribution in [2.75, 3.05) is 25.4 Å². The van der Waals surface area contributed by atoms with Gasteiger partial charge in [0.15, 0.2) is 0 Å². The van der Waals surface area contributed by atoms with Crippen molar-refractivity contribution in [2.24, 2.45) is 5.92 Å². The SMILES string of the molecule is Nc1ccc(COCC2CCNCC2)cc1. The molecule has 0 radical (unpaired) electrons. The third-order valence-corrected chi connectivity index (χ3v) is 3.06. The van der Waals surface area contributed by atoms with E-state index in [1.54, 1.807) is 0 Å². The molecule has 16 heavy (non-hydrogen) atoms. The Hall–Kier alpha value is -1.06. The minimum absolute atomic E-state index is 0.699. The fourth-order valence-corrected chi connectivity index (χ4v) is 2.01. The second kappa shape index (κ2) is 5.87. The van der Waals surface area contributed by atoms with Crippen molar-refractivity contribution in [3.63, 3.8) is 0 Å². The van der Waals surface area contributed by atoms with E-state index in [1.165, 1.54) is 18.4 Å². The molecule has 0 saturated carbocycles. The third-order valence-electron chi connectivity index (χ3n) is 3.06. The maximum absolute atomic E-state index is 5.73. The summed E-state index contributed by atoms with van der Waals surface area (Å²) >= 11 is 0. The molecule has 1 saturated heterocycles. The molecular weight excluding hydrogens is 200 g/mol. The Kier molecular flexibility index (Phi) is 4.19. The lowest BCUT2D eigenvalue weighted by Crippen LogP contribution is -2.29. The Morgan fingerprint density at radius 2 is 1.88 bits per heavy atom. The number of nitrogen functional groups attached to an aromatic ring is 1. The first kappa shape index (κ1) is 11.4. The number of ether oxygens (including phenoxy) is 1. The average molecular weight is 220 g/mol. The summed E-state index contributed by atoms with van der Waals surface area (Å²) in [6, 6.07) is 7.89. The molecule has 0 bridgehead atoms. The molecule has 0 aliphatic carbocycles. The van der Waals surface area contributed by atoms with Gasteiger partial charge in [0.25, 0.3) is 0 Å². The minimum Gasteiger partial charge on any atom is -0.399 e. The summed E-state index contributed by atoms with van der Waals surface area (Å²) < 4.78 is 5.73. The standard InChI is InChI=1S/C13H20N2O/c14-13-3-1-11(2-4-13)9-16-10-12-5-7-15-8-6-12/h1-4,12,15H,5-10,14H2. The topological polar surface area (TPSA) is 47.3 Å². The molecule has 3 N–H and O–H groups in total. The van der Waals surface area contributed by atoms with Crippen molar-refractivity contribution in [1.29, 1.82) is 0 Å². The Labute approximate surface area is 97.0 Å². The number of piperidine rings is 1. The second-order valence-electron chi connectivity index (χ2n) is 4.45. The van der Waals surface area contributed by atoms with Crippen LogP contribution in [0.2, 0.25) is 0 Å². The first-order chi connectivity index (χ1) is 7.84. The summed E-state index contributed by atoms with van der Waals surface area (Å²) in [4.78, 5) is 0. The summed E-state index contributed by atoms with van der Waals surface area (Å²) in [5.41, 5.74) is 7.63. The van der Waals surface area contributed by atoms with Crippen molar-refractivity contribution >= 4 is 5.69 Å². The van der Waals surface area contributed by atoms with Crippen LogP contribution in [0.25, 0.3) is 0 Å². The molecule has 1 fully saturated rings. The second-order valence-corrected chi connectivity index (χ2v) is 4.45. The Bertz CT molecular complexity index is 304. The van der Waals surface area contributed by atoms with Crippen LogP contribution in [0.5, 0.6) is 0 Å². The molecule has 0 atom stereocenters. The van der Waals surface area contributed by atoms with Crippen LogP contribution in [-0.2, 0) is 11.3 Å². The molecule has 1 aliphatic heterocycles. The van der Waals surface area contributed by atoms with E-state index in [0.717, 1.165) is 31.3 Å². The number of anilines is 1. The quantitative estimate of drug-likeness (QED) is 0.760. The fraction of sp³-hybridized carbons (Fsp3) is 0.538. The van der Waals surface area contributed by atoms with Gasteiger partial charge in [0, 0.05) is 12.3 Å². The minimum atomic E-state index is 0.699. The zero-order valence-electron chi connectivity index (χ0n) is 9.61. The molecule has 3 nitrogen and oxygen atoms in total. The van der Waals surface area contributed by atoms with Gasteiger partial charge in [0.1, 0.15) is 0 Å². The van der Waals surface area contributed by atoms with E-state index in [9.17, 15) is 0 Å². The molecule has 0 amide bonds. The maximum Gasteiger partial charge on any atom is 0.0717 e. The number of hydrogen-bond donors (Lipinski definition) is 2. The number of nitrogens with two attached hydrogens (primary N) is 1. The smallest absolute Gasteiger partial charge is 0.0717 e. The summed E-state index contributed by atoms with van der Waals surface area (Å²) in [6.45, 7) is 3.85. The summed E-state index contributed by atoms with van der Waals surface area (Å²) in [6.07, 6.45) is 2.48. The maximum atomic E-state index is 5.73. The van der Waals surface area contributed by atoms with Gasteiger partial charge in [-0.15, -0.1) is 0 Å². The molecule has 0 aromatic heterocycles. The van der Waals surface area contributed by atoms with E-state index in [4.69, 9.17) is 10.5 Å². The zero-order valence-corrected chi connectivity index (χ0v) is 9.61. The van der Waals surface area contributed by atoms with Crippen LogP contribution in [0.1, 0.15) is 18.4 Å². The number of nitrogens with one attached hydrogen (secondary N) is 1. The predicted molar refractivity (Wildman–Crippen MR) is 66.1 cm³/mol. The lowest BCUT2D eigenvalue weighted by Gasteiger charge is -2.22. The van der Waals surface area contributed by atoms with Crippen LogP contribution in [-0.4, -0.2) is 19.7 Å². The van der Waals surface area contributed by atoms with Crippen LogP contribution in [0.15, 0.2) is 24.3 Å². The van der Waals surface area contributed by atoms with Crippen LogP contribution in [0, 0.1) is 5.92 Å². The molecule has 0 unspecified atom stereocenters. The summed E-state index contributed by atoms with van der Waals surface area (Å²) in [5, 5.41) is 3.36. The molecule has 1 heterocycles. The fourth-order valence-electron chi connectivity index (χ4n) is 2.01. The van der Waals surface area contributed by atoms with Crippen molar-refractivity contribution in [2.45, 2.75) is 19.4 Å². The average Bonchev–Trinajstić information content (AvgIpc) is 2.33. The number of hydrogen-bond acceptors (Lipinski definition) is 3. The van der Waals surface area contributed by atoms with Crippen LogP contribution >= 0.6 is 0 Å². The van der Waals surface area contributed by atoms with Gasteiger partial charge in [-0.2, -0.15) is 0 Å². The molecule has 1 aliphatic rings. The van der Waals surface area contributed by atoms with E-state index in [-0.39, 0.29) is 0 Å². The van der Waals surface area contributed by atoms with Gasteiger partial charge in [-0.05, 0) is 49.5 Å². The van der Waals surface area contributed by atoms with Crippen molar-refractivity contribution in [3.8, 4) is 0 Å². The number of rotatable bonds is 4. The highest BCUT2D eigenvalue weighted by Crippen LogP contribution is 2.13. The highest BCUT2D eigenvalue weighted by molar-refractivity contribution is 5.39. The first-order valence-electron chi connectivity index (χ1n) is 5.97. The molecule has 1 aromatic carbocycles. The highest BCUT2D eigenvalue weighted by Gasteiger charge is 2.12. The zero-order chi connectivity index (χ0) is 11.2. The van der Waals surface area contributed by atoms with E-state index < -0.39 is 0 Å². The molecular formula is C13H20N2O. The molecule has 0 spiro atoms. The summed E-state index contributed by atoms with van der Waals surface area (Å²) in [7, 11) is 0. The van der Waals surface area contributed by atoms with Crippen LogP contribution < -0.4 is 11.1 Å².